The number of hydrogen-bond acceptors (Lipinski definition) is 3. The molecule has 0 aliphatic heterocycles. The van der Waals surface area contributed by atoms with Gasteiger partial charge in [0.05, 0.1) is 6.33 Å². The topological polar surface area (TPSA) is 17.8 Å². The van der Waals surface area contributed by atoms with Crippen molar-refractivity contribution >= 4 is 35.1 Å². The molecule has 0 bridgehead atoms. The fourth-order valence-electron chi connectivity index (χ4n) is 2.63. The summed E-state index contributed by atoms with van der Waals surface area (Å²) in [6.07, 6.45) is 12.7. The van der Waals surface area contributed by atoms with E-state index >= 15 is 0 Å². The van der Waals surface area contributed by atoms with E-state index in [1.165, 1.54) is 49.2 Å². The molecule has 0 spiro atoms. The molecular weight excluding hydrogens is 368 g/mol. The van der Waals surface area contributed by atoms with Gasteiger partial charge in [-0.25, -0.2) is 4.98 Å². The summed E-state index contributed by atoms with van der Waals surface area (Å²) in [5.74, 6) is 3.49. The first-order valence-electron chi connectivity index (χ1n) is 9.17. The van der Waals surface area contributed by atoms with Crippen LogP contribution in [0.5, 0.6) is 0 Å². The van der Waals surface area contributed by atoms with E-state index in [-0.39, 0.29) is 0 Å². The number of imidazole rings is 1. The highest BCUT2D eigenvalue weighted by molar-refractivity contribution is 8.03. The Hall–Kier alpha value is -0.580. The normalized spacial score (nSPS) is 12.4. The van der Waals surface area contributed by atoms with Crippen molar-refractivity contribution < 1.29 is 0 Å². The van der Waals surface area contributed by atoms with E-state index in [4.69, 9.17) is 11.6 Å². The summed E-state index contributed by atoms with van der Waals surface area (Å²) >= 11 is 10.1. The first kappa shape index (κ1) is 20.7. The highest BCUT2D eigenvalue weighted by Crippen LogP contribution is 2.23. The Labute approximate surface area is 166 Å². The molecule has 2 aromatic rings. The quantitative estimate of drug-likeness (QED) is 0.358. The largest absolute Gasteiger partial charge is 0.336 e. The maximum atomic E-state index is 5.96. The molecular formula is C20H29ClN2S2. The smallest absolute Gasteiger partial charge is 0.0946 e. The lowest BCUT2D eigenvalue weighted by atomic mass is 10.2. The van der Waals surface area contributed by atoms with Crippen LogP contribution in [0.25, 0.3) is 0 Å². The number of halogens is 1. The van der Waals surface area contributed by atoms with Crippen molar-refractivity contribution in [1.82, 2.24) is 9.55 Å². The number of nitrogens with zero attached hydrogens (tertiary/aromatic N) is 2. The van der Waals surface area contributed by atoms with Crippen LogP contribution in [0.2, 0.25) is 5.02 Å². The Morgan fingerprint density at radius 2 is 1.92 bits per heavy atom. The molecule has 0 aliphatic rings. The van der Waals surface area contributed by atoms with E-state index in [9.17, 15) is 0 Å². The maximum absolute atomic E-state index is 5.96. The molecule has 25 heavy (non-hydrogen) atoms. The monoisotopic (exact) mass is 396 g/mol. The number of rotatable bonds is 13. The Kier molecular flexibility index (Phi) is 10.5. The minimum atomic E-state index is 0.637. The van der Waals surface area contributed by atoms with Crippen LogP contribution in [-0.2, 0) is 12.3 Å². The Balaban J connectivity index is 1.72. The molecule has 2 rings (SSSR count). The van der Waals surface area contributed by atoms with Crippen molar-refractivity contribution in [2.75, 3.05) is 11.5 Å². The van der Waals surface area contributed by atoms with Gasteiger partial charge in [0.2, 0.25) is 0 Å². The summed E-state index contributed by atoms with van der Waals surface area (Å²) in [6.45, 7) is 3.32. The first-order chi connectivity index (χ1) is 12.3. The van der Waals surface area contributed by atoms with Crippen molar-refractivity contribution in [3.05, 3.63) is 53.6 Å². The number of unbranched alkanes of at least 4 members (excludes halogenated alkanes) is 4. The molecule has 1 atom stereocenters. The van der Waals surface area contributed by atoms with Gasteiger partial charge in [0.15, 0.2) is 0 Å². The van der Waals surface area contributed by atoms with Crippen LogP contribution in [0, 0.1) is 0 Å². The maximum Gasteiger partial charge on any atom is 0.0946 e. The lowest BCUT2D eigenvalue weighted by Crippen LogP contribution is -2.15. The summed E-state index contributed by atoms with van der Waals surface area (Å²) in [4.78, 5) is 4.18. The van der Waals surface area contributed by atoms with Crippen LogP contribution >= 0.6 is 35.1 Å². The van der Waals surface area contributed by atoms with Gasteiger partial charge in [-0.05, 0) is 29.9 Å². The number of thioether (sulfide) groups is 2. The second-order valence-corrected chi connectivity index (χ2v) is 9.18. The molecule has 0 saturated heterocycles. The van der Waals surface area contributed by atoms with Gasteiger partial charge in [-0.3, -0.25) is 0 Å². The average molecular weight is 397 g/mol. The molecule has 1 aromatic heterocycles. The summed E-state index contributed by atoms with van der Waals surface area (Å²) in [6, 6.07) is 8.21. The van der Waals surface area contributed by atoms with E-state index in [0.717, 1.165) is 17.3 Å². The van der Waals surface area contributed by atoms with E-state index in [1.54, 1.807) is 0 Å². The third-order valence-corrected chi connectivity index (χ3v) is 7.01. The first-order valence-corrected chi connectivity index (χ1v) is 11.8. The zero-order chi connectivity index (χ0) is 17.7. The van der Waals surface area contributed by atoms with E-state index in [0.29, 0.717) is 5.25 Å². The Morgan fingerprint density at radius 3 is 2.64 bits per heavy atom. The summed E-state index contributed by atoms with van der Waals surface area (Å²) in [5.41, 5.74) is 1.35. The van der Waals surface area contributed by atoms with Gasteiger partial charge in [0.25, 0.3) is 0 Å². The van der Waals surface area contributed by atoms with Gasteiger partial charge in [0, 0.05) is 40.7 Å². The zero-order valence-electron chi connectivity index (χ0n) is 15.1. The predicted octanol–water partition coefficient (Wildman–Crippen LogP) is 6.54. The zero-order valence-corrected chi connectivity index (χ0v) is 17.5. The molecule has 1 aromatic carbocycles. The van der Waals surface area contributed by atoms with Crippen molar-refractivity contribution in [1.29, 1.82) is 0 Å². The molecule has 0 fully saturated rings. The minimum absolute atomic E-state index is 0.637. The van der Waals surface area contributed by atoms with Crippen LogP contribution in [0.3, 0.4) is 0 Å². The van der Waals surface area contributed by atoms with Crippen LogP contribution in [0.4, 0.5) is 0 Å². The summed E-state index contributed by atoms with van der Waals surface area (Å²) in [5, 5.41) is 1.45. The van der Waals surface area contributed by atoms with Gasteiger partial charge in [-0.15, -0.1) is 0 Å². The second-order valence-electron chi connectivity index (χ2n) is 6.31. The van der Waals surface area contributed by atoms with Crippen LogP contribution in [0.1, 0.15) is 44.6 Å². The van der Waals surface area contributed by atoms with Crippen molar-refractivity contribution in [3.63, 3.8) is 0 Å². The van der Waals surface area contributed by atoms with E-state index in [1.807, 2.05) is 36.4 Å². The highest BCUT2D eigenvalue weighted by atomic mass is 35.5. The number of hydrogen-bond donors (Lipinski definition) is 0. The van der Waals surface area contributed by atoms with Gasteiger partial charge in [-0.1, -0.05) is 56.3 Å². The van der Waals surface area contributed by atoms with Gasteiger partial charge < -0.3 is 4.57 Å². The Morgan fingerprint density at radius 1 is 1.12 bits per heavy atom. The molecule has 0 amide bonds. The van der Waals surface area contributed by atoms with Crippen molar-refractivity contribution in [2.24, 2.45) is 0 Å². The fraction of sp³-hybridized carbons (Fsp3) is 0.550. The standard InChI is InChI=1S/C20H29ClN2S2/c1-2-3-4-5-6-13-25-20(14-23-12-11-22-17-23)16-24-15-18-7-9-19(21)10-8-18/h7-12,17,20H,2-6,13-16H2,1H3. The van der Waals surface area contributed by atoms with E-state index in [2.05, 4.69) is 46.6 Å². The van der Waals surface area contributed by atoms with Gasteiger partial charge in [0.1, 0.15) is 0 Å². The molecule has 2 nitrogen and oxygen atoms in total. The summed E-state index contributed by atoms with van der Waals surface area (Å²) in [7, 11) is 0. The fourth-order valence-corrected chi connectivity index (χ4v) is 5.32. The van der Waals surface area contributed by atoms with Crippen molar-refractivity contribution in [3.8, 4) is 0 Å². The van der Waals surface area contributed by atoms with Crippen LogP contribution < -0.4 is 0 Å². The molecule has 5 heteroatoms. The number of aromatic nitrogens is 2. The van der Waals surface area contributed by atoms with E-state index < -0.39 is 0 Å². The summed E-state index contributed by atoms with van der Waals surface area (Å²) < 4.78 is 2.21. The highest BCUT2D eigenvalue weighted by Gasteiger charge is 2.10. The minimum Gasteiger partial charge on any atom is -0.336 e. The van der Waals surface area contributed by atoms with Crippen LogP contribution in [0.15, 0.2) is 43.0 Å². The van der Waals surface area contributed by atoms with Crippen LogP contribution in [-0.4, -0.2) is 26.3 Å². The molecule has 1 heterocycles. The molecule has 0 N–H and O–H groups in total. The molecule has 0 radical (unpaired) electrons. The molecule has 1 unspecified atom stereocenters. The lowest BCUT2D eigenvalue weighted by molar-refractivity contribution is 0.656. The van der Waals surface area contributed by atoms with Gasteiger partial charge in [-0.2, -0.15) is 23.5 Å². The van der Waals surface area contributed by atoms with Crippen molar-refractivity contribution in [2.45, 2.75) is 56.6 Å². The molecule has 138 valence electrons. The molecule has 0 saturated carbocycles. The number of benzene rings is 1. The lowest BCUT2D eigenvalue weighted by Gasteiger charge is -2.17. The van der Waals surface area contributed by atoms with Gasteiger partial charge >= 0.3 is 0 Å². The SMILES string of the molecule is CCCCCCCSC(CSCc1ccc(Cl)cc1)Cn1ccnc1. The third kappa shape index (κ3) is 9.07. The Bertz CT molecular complexity index is 558. The molecule has 0 aliphatic carbocycles. The average Bonchev–Trinajstić information content (AvgIpc) is 3.12. The predicted molar refractivity (Wildman–Crippen MR) is 115 cm³/mol. The third-order valence-electron chi connectivity index (χ3n) is 4.06. The second kappa shape index (κ2) is 12.7.